The number of nitrogens with one attached hydrogen (secondary N) is 1. The molecule has 0 radical (unpaired) electrons. The summed E-state index contributed by atoms with van der Waals surface area (Å²) in [6.07, 6.45) is -4.89. The molecule has 0 aliphatic rings. The highest BCUT2D eigenvalue weighted by molar-refractivity contribution is 6.31. The molecule has 0 saturated heterocycles. The summed E-state index contributed by atoms with van der Waals surface area (Å²) in [4.78, 5) is 16.9. The summed E-state index contributed by atoms with van der Waals surface area (Å²) in [7, 11) is 0. The lowest BCUT2D eigenvalue weighted by molar-refractivity contribution is -0.254. The van der Waals surface area contributed by atoms with Crippen molar-refractivity contribution < 1.29 is 27.5 Å². The minimum Gasteiger partial charge on any atom is -0.373 e. The minimum absolute atomic E-state index is 0.0245. The Morgan fingerprint density at radius 1 is 1.13 bits per heavy atom. The highest BCUT2D eigenvalue weighted by atomic mass is 35.5. The van der Waals surface area contributed by atoms with E-state index in [4.69, 9.17) is 11.6 Å². The summed E-state index contributed by atoms with van der Waals surface area (Å²) >= 11 is 6.06. The van der Waals surface area contributed by atoms with Crippen molar-refractivity contribution in [2.24, 2.45) is 0 Å². The molecule has 1 amide bonds. The van der Waals surface area contributed by atoms with Crippen LogP contribution in [0.4, 0.5) is 23.2 Å². The molecule has 0 fully saturated rings. The summed E-state index contributed by atoms with van der Waals surface area (Å²) in [5.74, 6) is -2.35. The third-order valence-corrected chi connectivity index (χ3v) is 5.42. The first kappa shape index (κ1) is 23.0. The zero-order chi connectivity index (χ0) is 23.0. The van der Waals surface area contributed by atoms with Gasteiger partial charge in [-0.15, -0.1) is 0 Å². The number of nitrogens with zero attached hydrogens (tertiary/aromatic N) is 1. The summed E-state index contributed by atoms with van der Waals surface area (Å²) in [6, 6.07) is 11.0. The molecular formula is C22H19ClF4N2O2. The normalized spacial score (nSPS) is 14.3. The molecule has 0 aliphatic heterocycles. The van der Waals surface area contributed by atoms with Crippen LogP contribution in [0.5, 0.6) is 0 Å². The van der Waals surface area contributed by atoms with Crippen LogP contribution in [0.3, 0.4) is 0 Å². The highest BCUT2D eigenvalue weighted by Gasteiger charge is 2.61. The molecule has 4 nitrogen and oxygen atoms in total. The predicted molar refractivity (Wildman–Crippen MR) is 110 cm³/mol. The molecule has 0 aliphatic carbocycles. The molecule has 1 aromatic heterocycles. The van der Waals surface area contributed by atoms with Gasteiger partial charge in [-0.05, 0) is 53.4 Å². The third kappa shape index (κ3) is 4.50. The maximum absolute atomic E-state index is 14.0. The first-order chi connectivity index (χ1) is 14.3. The van der Waals surface area contributed by atoms with Gasteiger partial charge in [-0.2, -0.15) is 13.2 Å². The van der Waals surface area contributed by atoms with E-state index >= 15 is 0 Å². The van der Waals surface area contributed by atoms with Crippen molar-refractivity contribution in [3.63, 3.8) is 0 Å². The van der Waals surface area contributed by atoms with Crippen molar-refractivity contribution >= 4 is 34.1 Å². The van der Waals surface area contributed by atoms with Gasteiger partial charge < -0.3 is 10.4 Å². The number of hydrogen-bond acceptors (Lipinski definition) is 3. The number of halogens is 5. The Morgan fingerprint density at radius 2 is 1.84 bits per heavy atom. The number of pyridine rings is 1. The Kier molecular flexibility index (Phi) is 5.99. The number of aliphatic hydroxyl groups is 1. The van der Waals surface area contributed by atoms with Crippen LogP contribution < -0.4 is 5.32 Å². The number of carbonyl (C=O) groups is 1. The second-order valence-corrected chi connectivity index (χ2v) is 8.28. The van der Waals surface area contributed by atoms with Crippen LogP contribution in [0.15, 0.2) is 54.7 Å². The fourth-order valence-electron chi connectivity index (χ4n) is 3.50. The fourth-order valence-corrected chi connectivity index (χ4v) is 3.87. The number of benzene rings is 2. The molecule has 9 heteroatoms. The van der Waals surface area contributed by atoms with Gasteiger partial charge in [-0.25, -0.2) is 4.39 Å². The maximum Gasteiger partial charge on any atom is 0.426 e. The van der Waals surface area contributed by atoms with E-state index in [-0.39, 0.29) is 16.3 Å². The molecule has 3 rings (SSSR count). The zero-order valence-corrected chi connectivity index (χ0v) is 17.4. The smallest absolute Gasteiger partial charge is 0.373 e. The molecular weight excluding hydrogens is 436 g/mol. The number of rotatable bonds is 5. The third-order valence-electron chi connectivity index (χ3n) is 5.09. The van der Waals surface area contributed by atoms with Crippen LogP contribution in [-0.4, -0.2) is 27.8 Å². The van der Waals surface area contributed by atoms with Gasteiger partial charge in [0.1, 0.15) is 5.82 Å². The van der Waals surface area contributed by atoms with E-state index in [1.807, 2.05) is 0 Å². The lowest BCUT2D eigenvalue weighted by Crippen LogP contribution is -2.57. The average Bonchev–Trinajstić information content (AvgIpc) is 2.68. The molecule has 1 heterocycles. The van der Waals surface area contributed by atoms with Crippen molar-refractivity contribution in [2.45, 2.75) is 37.5 Å². The first-order valence-electron chi connectivity index (χ1n) is 9.25. The monoisotopic (exact) mass is 454 g/mol. The number of anilines is 1. The summed E-state index contributed by atoms with van der Waals surface area (Å²) < 4.78 is 55.6. The van der Waals surface area contributed by atoms with Gasteiger partial charge in [-0.3, -0.25) is 9.78 Å². The molecule has 1 unspecified atom stereocenters. The number of alkyl halides is 3. The number of aromatic nitrogens is 1. The summed E-state index contributed by atoms with van der Waals surface area (Å²) in [5, 5.41) is 13.2. The van der Waals surface area contributed by atoms with Crippen molar-refractivity contribution in [3.8, 4) is 0 Å². The van der Waals surface area contributed by atoms with E-state index in [1.54, 1.807) is 18.2 Å². The van der Waals surface area contributed by atoms with Gasteiger partial charge in [0.25, 0.3) is 5.91 Å². The van der Waals surface area contributed by atoms with Crippen LogP contribution in [0.1, 0.15) is 25.8 Å². The molecule has 0 bridgehead atoms. The summed E-state index contributed by atoms with van der Waals surface area (Å²) in [5.41, 5.74) is -4.70. The first-order valence-corrected chi connectivity index (χ1v) is 9.63. The fraction of sp³-hybridized carbons (Fsp3) is 0.273. The molecule has 2 N–H and O–H groups in total. The van der Waals surface area contributed by atoms with Crippen LogP contribution in [0.2, 0.25) is 5.02 Å². The number of amides is 1. The number of carbonyl (C=O) groups excluding carboxylic acids is 1. The molecule has 0 saturated carbocycles. The van der Waals surface area contributed by atoms with E-state index in [9.17, 15) is 27.5 Å². The maximum atomic E-state index is 14.0. The van der Waals surface area contributed by atoms with Crippen LogP contribution >= 0.6 is 11.6 Å². The average molecular weight is 455 g/mol. The van der Waals surface area contributed by atoms with E-state index < -0.39 is 35.3 Å². The highest BCUT2D eigenvalue weighted by Crippen LogP contribution is 2.43. The Bertz CT molecular complexity index is 1130. The van der Waals surface area contributed by atoms with E-state index in [0.717, 1.165) is 12.1 Å². The van der Waals surface area contributed by atoms with E-state index in [1.165, 1.54) is 38.2 Å². The Morgan fingerprint density at radius 3 is 2.52 bits per heavy atom. The van der Waals surface area contributed by atoms with E-state index in [2.05, 4.69) is 10.3 Å². The van der Waals surface area contributed by atoms with Crippen molar-refractivity contribution in [1.82, 2.24) is 4.98 Å². The van der Waals surface area contributed by atoms with Crippen LogP contribution in [0, 0.1) is 5.82 Å². The lowest BCUT2D eigenvalue weighted by Gasteiger charge is -2.37. The second kappa shape index (κ2) is 8.09. The zero-order valence-electron chi connectivity index (χ0n) is 16.6. The largest absolute Gasteiger partial charge is 0.426 e. The molecule has 3 aromatic rings. The Labute approximate surface area is 180 Å². The molecule has 31 heavy (non-hydrogen) atoms. The Balaban J connectivity index is 2.00. The van der Waals surface area contributed by atoms with Crippen LogP contribution in [-0.2, 0) is 10.2 Å². The molecule has 0 spiro atoms. The SMILES string of the molecule is CC(C)(CC(O)(C(=O)Nc1cccc2ncccc12)C(F)(F)F)c1cc(F)ccc1Cl. The van der Waals surface area contributed by atoms with Crippen molar-refractivity contribution in [3.05, 3.63) is 71.1 Å². The van der Waals surface area contributed by atoms with Gasteiger partial charge in [0.2, 0.25) is 5.60 Å². The van der Waals surface area contributed by atoms with Crippen molar-refractivity contribution in [1.29, 1.82) is 0 Å². The molecule has 1 atom stereocenters. The second-order valence-electron chi connectivity index (χ2n) is 7.87. The van der Waals surface area contributed by atoms with Crippen LogP contribution in [0.25, 0.3) is 10.9 Å². The van der Waals surface area contributed by atoms with Gasteiger partial charge in [0.05, 0.1) is 11.2 Å². The number of fused-ring (bicyclic) bond motifs is 1. The molecule has 164 valence electrons. The number of hydrogen-bond donors (Lipinski definition) is 2. The lowest BCUT2D eigenvalue weighted by atomic mass is 9.74. The predicted octanol–water partition coefficient (Wildman–Crippen LogP) is 5.63. The standard InChI is InChI=1S/C22H19ClF4N2O2/c1-20(2,15-11-13(24)8-9-16(15)23)12-21(31,22(25,26)27)19(30)29-18-7-3-6-17-14(18)5-4-10-28-17/h3-11,31H,12H2,1-2H3,(H,29,30). The van der Waals surface area contributed by atoms with Crippen molar-refractivity contribution in [2.75, 3.05) is 5.32 Å². The van der Waals surface area contributed by atoms with Gasteiger partial charge in [0.15, 0.2) is 0 Å². The topological polar surface area (TPSA) is 62.2 Å². The van der Waals surface area contributed by atoms with Gasteiger partial charge >= 0.3 is 6.18 Å². The minimum atomic E-state index is -5.31. The van der Waals surface area contributed by atoms with Gasteiger partial charge in [-0.1, -0.05) is 31.5 Å². The Hall–Kier alpha value is -2.71. The molecule has 2 aromatic carbocycles. The van der Waals surface area contributed by atoms with E-state index in [0.29, 0.717) is 10.9 Å². The van der Waals surface area contributed by atoms with Gasteiger partial charge in [0, 0.05) is 23.0 Å². The summed E-state index contributed by atoms with van der Waals surface area (Å²) in [6.45, 7) is 2.69. The quantitative estimate of drug-likeness (QED) is 0.491.